The van der Waals surface area contributed by atoms with Gasteiger partial charge in [0.15, 0.2) is 23.3 Å². The lowest BCUT2D eigenvalue weighted by atomic mass is 10.0. The Kier molecular flexibility index (Phi) is 3.72. The van der Waals surface area contributed by atoms with Crippen LogP contribution in [0.3, 0.4) is 0 Å². The highest BCUT2D eigenvalue weighted by molar-refractivity contribution is 5.21. The van der Waals surface area contributed by atoms with E-state index < -0.39 is 23.3 Å². The third-order valence-electron chi connectivity index (χ3n) is 2.17. The van der Waals surface area contributed by atoms with Gasteiger partial charge in [-0.2, -0.15) is 0 Å². The van der Waals surface area contributed by atoms with Crippen molar-refractivity contribution in [3.05, 3.63) is 34.9 Å². The molecule has 0 aromatic heterocycles. The summed E-state index contributed by atoms with van der Waals surface area (Å²) in [4.78, 5) is 0. The lowest BCUT2D eigenvalue weighted by molar-refractivity contribution is 0.401. The summed E-state index contributed by atoms with van der Waals surface area (Å²) in [6.45, 7) is 3.82. The first-order valence-corrected chi connectivity index (χ1v) is 4.75. The van der Waals surface area contributed by atoms with Crippen LogP contribution in [0.5, 0.6) is 0 Å². The monoisotopic (exact) mass is 220 g/mol. The van der Waals surface area contributed by atoms with E-state index in [2.05, 4.69) is 0 Å². The zero-order valence-corrected chi connectivity index (χ0v) is 8.58. The Balaban J connectivity index is 2.99. The predicted molar refractivity (Wildman–Crippen MR) is 49.4 cm³/mol. The van der Waals surface area contributed by atoms with Gasteiger partial charge in [0.1, 0.15) is 0 Å². The van der Waals surface area contributed by atoms with Gasteiger partial charge in [0, 0.05) is 0 Å². The van der Waals surface area contributed by atoms with Crippen molar-refractivity contribution in [3.8, 4) is 0 Å². The van der Waals surface area contributed by atoms with E-state index in [0.717, 1.165) is 6.07 Å². The van der Waals surface area contributed by atoms with Crippen molar-refractivity contribution < 1.29 is 17.6 Å². The first kappa shape index (κ1) is 12.0. The second kappa shape index (κ2) is 4.64. The van der Waals surface area contributed by atoms with E-state index in [1.807, 2.05) is 13.8 Å². The van der Waals surface area contributed by atoms with Gasteiger partial charge in [-0.3, -0.25) is 0 Å². The molecule has 0 heterocycles. The van der Waals surface area contributed by atoms with Gasteiger partial charge in [-0.25, -0.2) is 17.6 Å². The summed E-state index contributed by atoms with van der Waals surface area (Å²) in [5, 5.41) is 0. The van der Waals surface area contributed by atoms with E-state index in [1.165, 1.54) is 0 Å². The minimum atomic E-state index is -1.75. The Morgan fingerprint density at radius 2 is 1.60 bits per heavy atom. The zero-order chi connectivity index (χ0) is 11.6. The van der Waals surface area contributed by atoms with Gasteiger partial charge >= 0.3 is 0 Å². The highest BCUT2D eigenvalue weighted by atomic mass is 19.2. The van der Waals surface area contributed by atoms with Gasteiger partial charge in [0.25, 0.3) is 0 Å². The molecular formula is C11H12F4. The maximum absolute atomic E-state index is 13.1. The molecule has 1 rings (SSSR count). The van der Waals surface area contributed by atoms with Crippen LogP contribution in [-0.4, -0.2) is 0 Å². The van der Waals surface area contributed by atoms with Crippen LogP contribution in [0.1, 0.15) is 25.8 Å². The molecule has 15 heavy (non-hydrogen) atoms. The molecule has 1 aromatic carbocycles. The van der Waals surface area contributed by atoms with Crippen LogP contribution in [0.15, 0.2) is 6.07 Å². The van der Waals surface area contributed by atoms with E-state index in [9.17, 15) is 17.6 Å². The summed E-state index contributed by atoms with van der Waals surface area (Å²) in [6.07, 6.45) is 0.805. The van der Waals surface area contributed by atoms with Crippen LogP contribution in [0.2, 0.25) is 0 Å². The van der Waals surface area contributed by atoms with E-state index in [0.29, 0.717) is 12.3 Å². The van der Waals surface area contributed by atoms with Crippen LogP contribution in [0.25, 0.3) is 0 Å². The molecule has 0 bridgehead atoms. The highest BCUT2D eigenvalue weighted by Gasteiger charge is 2.18. The van der Waals surface area contributed by atoms with E-state index in [1.54, 1.807) is 0 Å². The van der Waals surface area contributed by atoms with E-state index >= 15 is 0 Å². The Morgan fingerprint density at radius 1 is 1.00 bits per heavy atom. The van der Waals surface area contributed by atoms with Gasteiger partial charge in [-0.1, -0.05) is 13.8 Å². The predicted octanol–water partition coefficient (Wildman–Crippen LogP) is 3.83. The van der Waals surface area contributed by atoms with Crippen molar-refractivity contribution in [1.82, 2.24) is 0 Å². The van der Waals surface area contributed by atoms with Crippen LogP contribution in [0.4, 0.5) is 17.6 Å². The zero-order valence-electron chi connectivity index (χ0n) is 8.58. The molecule has 0 amide bonds. The van der Waals surface area contributed by atoms with E-state index in [4.69, 9.17) is 0 Å². The summed E-state index contributed by atoms with van der Waals surface area (Å²) in [6, 6.07) is 0.718. The SMILES string of the molecule is CC(C)CCc1cc(F)c(F)c(F)c1F. The van der Waals surface area contributed by atoms with Crippen LogP contribution >= 0.6 is 0 Å². The summed E-state index contributed by atoms with van der Waals surface area (Å²) in [5.41, 5.74) is -0.111. The lowest BCUT2D eigenvalue weighted by Gasteiger charge is -2.07. The van der Waals surface area contributed by atoms with Gasteiger partial charge < -0.3 is 0 Å². The minimum absolute atomic E-state index is 0.111. The van der Waals surface area contributed by atoms with Crippen molar-refractivity contribution in [2.75, 3.05) is 0 Å². The molecule has 0 saturated carbocycles. The molecule has 84 valence electrons. The quantitative estimate of drug-likeness (QED) is 0.412. The number of rotatable bonds is 3. The minimum Gasteiger partial charge on any atom is -0.204 e. The second-order valence-electron chi connectivity index (χ2n) is 3.89. The van der Waals surface area contributed by atoms with Crippen molar-refractivity contribution in [2.24, 2.45) is 5.92 Å². The van der Waals surface area contributed by atoms with Crippen LogP contribution in [-0.2, 0) is 6.42 Å². The second-order valence-corrected chi connectivity index (χ2v) is 3.89. The Morgan fingerprint density at radius 3 is 2.13 bits per heavy atom. The molecule has 0 nitrogen and oxygen atoms in total. The number of hydrogen-bond acceptors (Lipinski definition) is 0. The Bertz CT molecular complexity index is 358. The molecule has 1 aromatic rings. The van der Waals surface area contributed by atoms with Gasteiger partial charge in [0.05, 0.1) is 0 Å². The van der Waals surface area contributed by atoms with E-state index in [-0.39, 0.29) is 12.0 Å². The molecule has 0 unspecified atom stereocenters. The number of hydrogen-bond donors (Lipinski definition) is 0. The fourth-order valence-electron chi connectivity index (χ4n) is 1.25. The fraction of sp³-hybridized carbons (Fsp3) is 0.455. The fourth-order valence-corrected chi connectivity index (χ4v) is 1.25. The van der Waals surface area contributed by atoms with Crippen LogP contribution in [0, 0.1) is 29.2 Å². The lowest BCUT2D eigenvalue weighted by Crippen LogP contribution is -2.03. The molecule has 0 aliphatic carbocycles. The molecule has 0 saturated heterocycles. The summed E-state index contributed by atoms with van der Waals surface area (Å²) < 4.78 is 51.2. The molecule has 0 aliphatic rings. The van der Waals surface area contributed by atoms with Crippen LogP contribution < -0.4 is 0 Å². The average Bonchev–Trinajstić information content (AvgIpc) is 2.18. The van der Waals surface area contributed by atoms with Gasteiger partial charge in [-0.05, 0) is 30.4 Å². The van der Waals surface area contributed by atoms with Gasteiger partial charge in [0.2, 0.25) is 0 Å². The molecular weight excluding hydrogens is 208 g/mol. The molecule has 0 aliphatic heterocycles. The Labute approximate surface area is 85.9 Å². The molecule has 0 fully saturated rings. The smallest absolute Gasteiger partial charge is 0.197 e. The average molecular weight is 220 g/mol. The number of halogens is 4. The Hall–Kier alpha value is -1.06. The molecule has 4 heteroatoms. The maximum Gasteiger partial charge on any atom is 0.197 e. The van der Waals surface area contributed by atoms with Crippen molar-refractivity contribution in [3.63, 3.8) is 0 Å². The summed E-state index contributed by atoms with van der Waals surface area (Å²) in [5.74, 6) is -5.81. The highest BCUT2D eigenvalue weighted by Crippen LogP contribution is 2.20. The number of benzene rings is 1. The first-order chi connectivity index (χ1) is 6.93. The first-order valence-electron chi connectivity index (χ1n) is 4.75. The summed E-state index contributed by atoms with van der Waals surface area (Å²) >= 11 is 0. The largest absolute Gasteiger partial charge is 0.204 e. The number of aryl methyl sites for hydroxylation is 1. The standard InChI is InChI=1S/C11H12F4/c1-6(2)3-4-7-5-8(12)10(14)11(15)9(7)13/h5-6H,3-4H2,1-2H3. The normalized spacial score (nSPS) is 11.1. The third kappa shape index (κ3) is 2.70. The maximum atomic E-state index is 13.1. The van der Waals surface area contributed by atoms with Crippen molar-refractivity contribution in [1.29, 1.82) is 0 Å². The summed E-state index contributed by atoms with van der Waals surface area (Å²) in [7, 11) is 0. The molecule has 0 spiro atoms. The molecule has 0 radical (unpaired) electrons. The molecule has 0 N–H and O–H groups in total. The van der Waals surface area contributed by atoms with Crippen molar-refractivity contribution in [2.45, 2.75) is 26.7 Å². The molecule has 0 atom stereocenters. The third-order valence-corrected chi connectivity index (χ3v) is 2.17. The van der Waals surface area contributed by atoms with Gasteiger partial charge in [-0.15, -0.1) is 0 Å². The van der Waals surface area contributed by atoms with Crippen molar-refractivity contribution >= 4 is 0 Å². The topological polar surface area (TPSA) is 0 Å².